The first-order chi connectivity index (χ1) is 11.5. The van der Waals surface area contributed by atoms with Crippen LogP contribution >= 0.6 is 0 Å². The van der Waals surface area contributed by atoms with Crippen LogP contribution in [0.2, 0.25) is 0 Å². The number of rotatable bonds is 3. The van der Waals surface area contributed by atoms with Crippen molar-refractivity contribution in [3.8, 4) is 11.3 Å². The summed E-state index contributed by atoms with van der Waals surface area (Å²) >= 11 is 0. The third-order valence-corrected chi connectivity index (χ3v) is 3.87. The van der Waals surface area contributed by atoms with Gasteiger partial charge < -0.3 is 0 Å². The Morgan fingerprint density at radius 1 is 0.875 bits per heavy atom. The van der Waals surface area contributed by atoms with Gasteiger partial charge in [-0.3, -0.25) is 18.7 Å². The van der Waals surface area contributed by atoms with Crippen molar-refractivity contribution in [2.75, 3.05) is 0 Å². The van der Waals surface area contributed by atoms with E-state index in [1.54, 1.807) is 13.1 Å². The Balaban J connectivity index is 2.07. The Labute approximate surface area is 137 Å². The van der Waals surface area contributed by atoms with Crippen molar-refractivity contribution in [3.63, 3.8) is 0 Å². The van der Waals surface area contributed by atoms with Gasteiger partial charge in [-0.2, -0.15) is 5.10 Å². The smallest absolute Gasteiger partial charge is 0.299 e. The SMILES string of the molecule is Cn1c(Cn2nc(-c3ccccc3)ccc2=O)cc(=O)n(C)c1=O. The molecule has 2 aromatic heterocycles. The normalized spacial score (nSPS) is 10.8. The summed E-state index contributed by atoms with van der Waals surface area (Å²) in [6, 6.07) is 13.9. The van der Waals surface area contributed by atoms with Gasteiger partial charge in [0, 0.05) is 37.5 Å². The summed E-state index contributed by atoms with van der Waals surface area (Å²) in [5.41, 5.74) is 0.781. The highest BCUT2D eigenvalue weighted by Crippen LogP contribution is 2.14. The molecule has 0 saturated carbocycles. The lowest BCUT2D eigenvalue weighted by molar-refractivity contribution is 0.577. The van der Waals surface area contributed by atoms with Crippen LogP contribution in [0.25, 0.3) is 11.3 Å². The summed E-state index contributed by atoms with van der Waals surface area (Å²) in [4.78, 5) is 35.9. The molecule has 0 N–H and O–H groups in total. The lowest BCUT2D eigenvalue weighted by Crippen LogP contribution is -2.39. The number of hydrogen-bond acceptors (Lipinski definition) is 4. The second kappa shape index (κ2) is 6.11. The van der Waals surface area contributed by atoms with Gasteiger partial charge >= 0.3 is 5.69 Å². The molecule has 1 aromatic carbocycles. The van der Waals surface area contributed by atoms with E-state index < -0.39 is 11.2 Å². The molecule has 0 saturated heterocycles. The van der Waals surface area contributed by atoms with Gasteiger partial charge in [0.15, 0.2) is 0 Å². The molecule has 0 spiro atoms. The highest BCUT2D eigenvalue weighted by molar-refractivity contribution is 5.57. The van der Waals surface area contributed by atoms with Gasteiger partial charge in [-0.25, -0.2) is 9.48 Å². The minimum absolute atomic E-state index is 0.0430. The number of hydrogen-bond donors (Lipinski definition) is 0. The third kappa shape index (κ3) is 2.83. The zero-order chi connectivity index (χ0) is 17.3. The summed E-state index contributed by atoms with van der Waals surface area (Å²) in [5, 5.41) is 4.34. The van der Waals surface area contributed by atoms with E-state index in [4.69, 9.17) is 0 Å². The zero-order valence-electron chi connectivity index (χ0n) is 13.3. The molecule has 2 heterocycles. The maximum atomic E-state index is 12.1. The van der Waals surface area contributed by atoms with Crippen molar-refractivity contribution in [2.45, 2.75) is 6.54 Å². The Kier molecular flexibility index (Phi) is 3.99. The topological polar surface area (TPSA) is 78.9 Å². The lowest BCUT2D eigenvalue weighted by Gasteiger charge is -2.11. The molecule has 7 nitrogen and oxygen atoms in total. The molecular formula is C17H16N4O3. The van der Waals surface area contributed by atoms with E-state index >= 15 is 0 Å². The summed E-state index contributed by atoms with van der Waals surface area (Å²) in [6.45, 7) is 0.0430. The third-order valence-electron chi connectivity index (χ3n) is 3.87. The maximum Gasteiger partial charge on any atom is 0.330 e. The summed E-state index contributed by atoms with van der Waals surface area (Å²) in [7, 11) is 2.97. The second-order valence-electron chi connectivity index (χ2n) is 5.46. The average molecular weight is 324 g/mol. The van der Waals surface area contributed by atoms with Crippen molar-refractivity contribution < 1.29 is 0 Å². The molecule has 0 atom stereocenters. The van der Waals surface area contributed by atoms with E-state index in [0.29, 0.717) is 11.4 Å². The van der Waals surface area contributed by atoms with Crippen LogP contribution in [0.15, 0.2) is 62.9 Å². The minimum Gasteiger partial charge on any atom is -0.299 e. The zero-order valence-corrected chi connectivity index (χ0v) is 13.3. The first-order valence-electron chi connectivity index (χ1n) is 7.37. The van der Waals surface area contributed by atoms with Crippen LogP contribution in [0.3, 0.4) is 0 Å². The van der Waals surface area contributed by atoms with E-state index in [-0.39, 0.29) is 12.1 Å². The van der Waals surface area contributed by atoms with Gasteiger partial charge in [-0.15, -0.1) is 0 Å². The van der Waals surface area contributed by atoms with E-state index in [0.717, 1.165) is 10.1 Å². The summed E-state index contributed by atoms with van der Waals surface area (Å²) < 4.78 is 3.60. The first-order valence-corrected chi connectivity index (χ1v) is 7.37. The molecule has 122 valence electrons. The second-order valence-corrected chi connectivity index (χ2v) is 5.46. The maximum absolute atomic E-state index is 12.1. The Morgan fingerprint density at radius 3 is 2.29 bits per heavy atom. The lowest BCUT2D eigenvalue weighted by atomic mass is 10.1. The van der Waals surface area contributed by atoms with Crippen molar-refractivity contribution in [2.24, 2.45) is 14.1 Å². The molecule has 0 bridgehead atoms. The van der Waals surface area contributed by atoms with Gasteiger partial charge in [-0.1, -0.05) is 30.3 Å². The highest BCUT2D eigenvalue weighted by Gasteiger charge is 2.09. The van der Waals surface area contributed by atoms with Crippen LogP contribution in [-0.2, 0) is 20.6 Å². The van der Waals surface area contributed by atoms with Crippen LogP contribution in [0, 0.1) is 0 Å². The summed E-state index contributed by atoms with van der Waals surface area (Å²) in [6.07, 6.45) is 0. The van der Waals surface area contributed by atoms with Gasteiger partial charge in [0.25, 0.3) is 11.1 Å². The predicted octanol–water partition coefficient (Wildman–Crippen LogP) is 0.356. The fraction of sp³-hybridized carbons (Fsp3) is 0.176. The Bertz CT molecular complexity index is 1060. The van der Waals surface area contributed by atoms with Crippen LogP contribution in [0.5, 0.6) is 0 Å². The van der Waals surface area contributed by atoms with Crippen molar-refractivity contribution >= 4 is 0 Å². The predicted molar refractivity (Wildman–Crippen MR) is 90.0 cm³/mol. The van der Waals surface area contributed by atoms with Gasteiger partial charge in [0.05, 0.1) is 12.2 Å². The fourth-order valence-electron chi connectivity index (χ4n) is 2.41. The van der Waals surface area contributed by atoms with E-state index in [1.165, 1.54) is 28.4 Å². The number of nitrogens with zero attached hydrogens (tertiary/aromatic N) is 4. The van der Waals surface area contributed by atoms with Crippen LogP contribution in [0.1, 0.15) is 5.69 Å². The monoisotopic (exact) mass is 324 g/mol. The van der Waals surface area contributed by atoms with Crippen molar-refractivity contribution in [3.05, 3.63) is 85.4 Å². The molecule has 0 amide bonds. The quantitative estimate of drug-likeness (QED) is 0.697. The van der Waals surface area contributed by atoms with Crippen LogP contribution < -0.4 is 16.8 Å². The van der Waals surface area contributed by atoms with Crippen LogP contribution in [-0.4, -0.2) is 18.9 Å². The van der Waals surface area contributed by atoms with E-state index in [2.05, 4.69) is 5.10 Å². The van der Waals surface area contributed by atoms with Crippen LogP contribution in [0.4, 0.5) is 0 Å². The van der Waals surface area contributed by atoms with E-state index in [9.17, 15) is 14.4 Å². The number of benzene rings is 1. The first kappa shape index (κ1) is 15.7. The molecule has 0 fully saturated rings. The molecule has 3 aromatic rings. The molecule has 3 rings (SSSR count). The molecule has 0 aliphatic rings. The highest BCUT2D eigenvalue weighted by atomic mass is 16.2. The van der Waals surface area contributed by atoms with Crippen molar-refractivity contribution in [1.82, 2.24) is 18.9 Å². The molecule has 0 radical (unpaired) electrons. The van der Waals surface area contributed by atoms with Gasteiger partial charge in [0.1, 0.15) is 0 Å². The van der Waals surface area contributed by atoms with Gasteiger partial charge in [-0.05, 0) is 6.07 Å². The molecule has 0 unspecified atom stereocenters. The Morgan fingerprint density at radius 2 is 1.58 bits per heavy atom. The van der Waals surface area contributed by atoms with E-state index in [1.807, 2.05) is 30.3 Å². The minimum atomic E-state index is -0.440. The largest absolute Gasteiger partial charge is 0.330 e. The van der Waals surface area contributed by atoms with Crippen molar-refractivity contribution in [1.29, 1.82) is 0 Å². The standard InChI is InChI=1S/C17H16N4O3/c1-19-13(10-16(23)20(2)17(19)24)11-21-15(22)9-8-14(18-21)12-6-4-3-5-7-12/h3-10H,11H2,1-2H3. The fourth-order valence-corrected chi connectivity index (χ4v) is 2.41. The molecule has 0 aliphatic heterocycles. The average Bonchev–Trinajstić information content (AvgIpc) is 2.60. The van der Waals surface area contributed by atoms with Gasteiger partial charge in [0.2, 0.25) is 0 Å². The molecular weight excluding hydrogens is 308 g/mol. The summed E-state index contributed by atoms with van der Waals surface area (Å²) in [5.74, 6) is 0. The molecule has 24 heavy (non-hydrogen) atoms. The molecule has 0 aliphatic carbocycles. The Hall–Kier alpha value is -3.22. The molecule has 7 heteroatoms. The number of aromatic nitrogens is 4.